The number of piperidine rings is 1. The van der Waals surface area contributed by atoms with Crippen molar-refractivity contribution in [2.75, 3.05) is 13.1 Å². The summed E-state index contributed by atoms with van der Waals surface area (Å²) in [6.45, 7) is 10.8. The lowest BCUT2D eigenvalue weighted by molar-refractivity contribution is 0.219. The van der Waals surface area contributed by atoms with Crippen LogP contribution in [0.5, 0.6) is 0 Å². The Labute approximate surface area is 111 Å². The summed E-state index contributed by atoms with van der Waals surface area (Å²) in [5, 5.41) is 3.40. The van der Waals surface area contributed by atoms with Gasteiger partial charge in [0, 0.05) is 18.2 Å². The molecule has 1 fully saturated rings. The van der Waals surface area contributed by atoms with E-state index >= 15 is 0 Å². The molecule has 0 atom stereocenters. The van der Waals surface area contributed by atoms with Crippen molar-refractivity contribution in [3.8, 4) is 0 Å². The molecule has 1 saturated heterocycles. The molecule has 1 aromatic rings. The van der Waals surface area contributed by atoms with Crippen molar-refractivity contribution in [2.45, 2.75) is 59.2 Å². The maximum atomic E-state index is 5.82. The third-order valence-electron chi connectivity index (χ3n) is 3.60. The van der Waals surface area contributed by atoms with Crippen LogP contribution in [-0.2, 0) is 13.1 Å². The topological polar surface area (TPSA) is 28.4 Å². The minimum absolute atomic E-state index is 0.501. The molecule has 18 heavy (non-hydrogen) atoms. The molecule has 0 saturated carbocycles. The van der Waals surface area contributed by atoms with Gasteiger partial charge >= 0.3 is 0 Å². The second-order valence-corrected chi connectivity index (χ2v) is 5.67. The number of likely N-dealkylation sites (tertiary alicyclic amines) is 1. The van der Waals surface area contributed by atoms with E-state index in [0.717, 1.165) is 24.6 Å². The maximum Gasteiger partial charge on any atom is 0.118 e. The Bertz CT molecular complexity index is 365. The smallest absolute Gasteiger partial charge is 0.118 e. The van der Waals surface area contributed by atoms with E-state index in [1.165, 1.54) is 37.9 Å². The van der Waals surface area contributed by atoms with Crippen LogP contribution in [0.4, 0.5) is 0 Å². The molecule has 2 rings (SSSR count). The molecule has 1 aromatic heterocycles. The highest BCUT2D eigenvalue weighted by molar-refractivity contribution is 5.20. The van der Waals surface area contributed by atoms with Crippen molar-refractivity contribution in [1.82, 2.24) is 10.2 Å². The van der Waals surface area contributed by atoms with Crippen LogP contribution in [0.2, 0.25) is 0 Å². The summed E-state index contributed by atoms with van der Waals surface area (Å²) in [6.07, 6.45) is 4.09. The van der Waals surface area contributed by atoms with Crippen LogP contribution >= 0.6 is 0 Å². The first kappa shape index (κ1) is 13.6. The number of furan rings is 1. The molecular weight excluding hydrogens is 224 g/mol. The summed E-state index contributed by atoms with van der Waals surface area (Å²) in [5.41, 5.74) is 1.36. The van der Waals surface area contributed by atoms with E-state index in [2.05, 4.69) is 37.1 Å². The third kappa shape index (κ3) is 3.85. The molecular formula is C15H26N2O. The normalized spacial score (nSPS) is 17.6. The van der Waals surface area contributed by atoms with E-state index in [4.69, 9.17) is 4.42 Å². The molecule has 0 radical (unpaired) electrons. The Hall–Kier alpha value is -0.800. The average Bonchev–Trinajstić information content (AvgIpc) is 2.69. The van der Waals surface area contributed by atoms with E-state index in [1.807, 2.05) is 0 Å². The number of nitrogens with one attached hydrogen (secondary N) is 1. The van der Waals surface area contributed by atoms with Crippen LogP contribution in [0.25, 0.3) is 0 Å². The van der Waals surface area contributed by atoms with Crippen molar-refractivity contribution in [1.29, 1.82) is 0 Å². The Morgan fingerprint density at radius 3 is 2.67 bits per heavy atom. The highest BCUT2D eigenvalue weighted by atomic mass is 16.3. The van der Waals surface area contributed by atoms with Crippen molar-refractivity contribution < 1.29 is 4.42 Å². The third-order valence-corrected chi connectivity index (χ3v) is 3.60. The summed E-state index contributed by atoms with van der Waals surface area (Å²) >= 11 is 0. The fraction of sp³-hybridized carbons (Fsp3) is 0.733. The van der Waals surface area contributed by atoms with Gasteiger partial charge in [0.25, 0.3) is 0 Å². The highest BCUT2D eigenvalue weighted by Crippen LogP contribution is 2.19. The number of hydrogen-bond acceptors (Lipinski definition) is 3. The highest BCUT2D eigenvalue weighted by Gasteiger charge is 2.14. The van der Waals surface area contributed by atoms with Crippen LogP contribution in [0.1, 0.15) is 50.2 Å². The summed E-state index contributed by atoms with van der Waals surface area (Å²) in [4.78, 5) is 2.54. The van der Waals surface area contributed by atoms with Crippen LogP contribution in [0.15, 0.2) is 10.5 Å². The summed E-state index contributed by atoms with van der Waals surface area (Å²) in [7, 11) is 0. The van der Waals surface area contributed by atoms with Crippen LogP contribution in [0, 0.1) is 6.92 Å². The van der Waals surface area contributed by atoms with E-state index < -0.39 is 0 Å². The second kappa shape index (κ2) is 6.39. The second-order valence-electron chi connectivity index (χ2n) is 5.67. The molecule has 102 valence electrons. The first-order valence-corrected chi connectivity index (χ1v) is 7.19. The molecule has 0 bridgehead atoms. The van der Waals surface area contributed by atoms with Crippen molar-refractivity contribution in [3.05, 3.63) is 23.2 Å². The lowest BCUT2D eigenvalue weighted by Crippen LogP contribution is -2.29. The molecule has 0 amide bonds. The van der Waals surface area contributed by atoms with Crippen molar-refractivity contribution in [2.24, 2.45) is 0 Å². The molecule has 3 nitrogen and oxygen atoms in total. The van der Waals surface area contributed by atoms with Gasteiger partial charge in [-0.2, -0.15) is 0 Å². The van der Waals surface area contributed by atoms with Gasteiger partial charge < -0.3 is 9.73 Å². The van der Waals surface area contributed by atoms with Gasteiger partial charge in [0.2, 0.25) is 0 Å². The fourth-order valence-electron chi connectivity index (χ4n) is 2.49. The fourth-order valence-corrected chi connectivity index (χ4v) is 2.49. The van der Waals surface area contributed by atoms with Gasteiger partial charge in [-0.3, -0.25) is 4.90 Å². The Kier molecular flexibility index (Phi) is 4.84. The zero-order valence-corrected chi connectivity index (χ0v) is 12.0. The van der Waals surface area contributed by atoms with Crippen molar-refractivity contribution in [3.63, 3.8) is 0 Å². The van der Waals surface area contributed by atoms with Gasteiger partial charge in [0.05, 0.1) is 6.54 Å². The van der Waals surface area contributed by atoms with Gasteiger partial charge in [0.1, 0.15) is 11.5 Å². The molecule has 0 aromatic carbocycles. The molecule has 0 aliphatic carbocycles. The van der Waals surface area contributed by atoms with Crippen LogP contribution < -0.4 is 5.32 Å². The van der Waals surface area contributed by atoms with Gasteiger partial charge in [0.15, 0.2) is 0 Å². The number of hydrogen-bond donors (Lipinski definition) is 1. The lowest BCUT2D eigenvalue weighted by atomic mass is 10.1. The quantitative estimate of drug-likeness (QED) is 0.870. The van der Waals surface area contributed by atoms with E-state index in [0.29, 0.717) is 6.04 Å². The lowest BCUT2D eigenvalue weighted by Gasteiger charge is -2.25. The first-order chi connectivity index (χ1) is 8.65. The maximum absolute atomic E-state index is 5.82. The minimum Gasteiger partial charge on any atom is -0.465 e. The van der Waals surface area contributed by atoms with Gasteiger partial charge in [-0.05, 0) is 38.9 Å². The largest absolute Gasteiger partial charge is 0.465 e. The van der Waals surface area contributed by atoms with Gasteiger partial charge in [-0.15, -0.1) is 0 Å². The first-order valence-electron chi connectivity index (χ1n) is 7.19. The predicted molar refractivity (Wildman–Crippen MR) is 74.5 cm³/mol. The molecule has 0 spiro atoms. The SMILES string of the molecule is Cc1oc(CNC(C)C)cc1CN1CCCCC1. The van der Waals surface area contributed by atoms with Crippen molar-refractivity contribution >= 4 is 0 Å². The average molecular weight is 250 g/mol. The summed E-state index contributed by atoms with van der Waals surface area (Å²) in [6, 6.07) is 2.72. The minimum atomic E-state index is 0.501. The molecule has 3 heteroatoms. The van der Waals surface area contributed by atoms with E-state index in [1.54, 1.807) is 0 Å². The number of rotatable bonds is 5. The molecule has 0 unspecified atom stereocenters. The molecule has 1 N–H and O–H groups in total. The number of nitrogens with zero attached hydrogens (tertiary/aromatic N) is 1. The Balaban J connectivity index is 1.91. The monoisotopic (exact) mass is 250 g/mol. The van der Waals surface area contributed by atoms with Crippen LogP contribution in [0.3, 0.4) is 0 Å². The van der Waals surface area contributed by atoms with Gasteiger partial charge in [-0.25, -0.2) is 0 Å². The summed E-state index contributed by atoms with van der Waals surface area (Å²) < 4.78 is 5.82. The molecule has 2 heterocycles. The summed E-state index contributed by atoms with van der Waals surface area (Å²) in [5.74, 6) is 2.15. The van der Waals surface area contributed by atoms with E-state index in [9.17, 15) is 0 Å². The predicted octanol–water partition coefficient (Wildman–Crippen LogP) is 3.07. The zero-order valence-electron chi connectivity index (χ0n) is 12.0. The van der Waals surface area contributed by atoms with E-state index in [-0.39, 0.29) is 0 Å². The standard InChI is InChI=1S/C15H26N2O/c1-12(2)16-10-15-9-14(13(3)18-15)11-17-7-5-4-6-8-17/h9,12,16H,4-8,10-11H2,1-3H3. The van der Waals surface area contributed by atoms with Crippen LogP contribution in [-0.4, -0.2) is 24.0 Å². The molecule has 1 aliphatic rings. The van der Waals surface area contributed by atoms with Gasteiger partial charge in [-0.1, -0.05) is 20.3 Å². The molecule has 1 aliphatic heterocycles. The number of aryl methyl sites for hydroxylation is 1. The Morgan fingerprint density at radius 2 is 2.00 bits per heavy atom. The Morgan fingerprint density at radius 1 is 1.28 bits per heavy atom. The zero-order chi connectivity index (χ0) is 13.0.